The van der Waals surface area contributed by atoms with Gasteiger partial charge in [0.1, 0.15) is 11.4 Å². The van der Waals surface area contributed by atoms with Gasteiger partial charge in [0.05, 0.1) is 6.10 Å². The summed E-state index contributed by atoms with van der Waals surface area (Å²) >= 11 is 5.66. The molecule has 0 N–H and O–H groups in total. The number of aromatic nitrogens is 1. The van der Waals surface area contributed by atoms with Gasteiger partial charge in [0.2, 0.25) is 5.22 Å². The van der Waals surface area contributed by atoms with Crippen LogP contribution in [0.25, 0.3) is 11.3 Å². The molecule has 1 heterocycles. The van der Waals surface area contributed by atoms with E-state index in [1.165, 1.54) is 0 Å². The van der Waals surface area contributed by atoms with Gasteiger partial charge in [0.15, 0.2) is 0 Å². The summed E-state index contributed by atoms with van der Waals surface area (Å²) in [6.45, 7) is 3.98. The first-order valence-corrected chi connectivity index (χ1v) is 5.42. The summed E-state index contributed by atoms with van der Waals surface area (Å²) in [5.74, 6) is 0.841. The maximum atomic E-state index is 5.66. The van der Waals surface area contributed by atoms with Gasteiger partial charge in [-0.15, -0.1) is 0 Å². The van der Waals surface area contributed by atoms with Crippen molar-refractivity contribution in [2.75, 3.05) is 0 Å². The Labute approximate surface area is 99.0 Å². The van der Waals surface area contributed by atoms with Crippen LogP contribution in [0.1, 0.15) is 13.8 Å². The van der Waals surface area contributed by atoms with Gasteiger partial charge in [-0.3, -0.25) is 0 Å². The van der Waals surface area contributed by atoms with E-state index < -0.39 is 0 Å². The highest BCUT2D eigenvalue weighted by Gasteiger charge is 2.05. The van der Waals surface area contributed by atoms with Crippen molar-refractivity contribution in [3.05, 3.63) is 35.6 Å². The summed E-state index contributed by atoms with van der Waals surface area (Å²) in [6, 6.07) is 9.33. The molecule has 0 fully saturated rings. The summed E-state index contributed by atoms with van der Waals surface area (Å²) in [7, 11) is 0. The molecular weight excluding hydrogens is 226 g/mol. The van der Waals surface area contributed by atoms with Crippen molar-refractivity contribution >= 4 is 11.6 Å². The van der Waals surface area contributed by atoms with Crippen LogP contribution in [0, 0.1) is 0 Å². The molecule has 2 aromatic rings. The molecule has 3 nitrogen and oxygen atoms in total. The number of hydrogen-bond acceptors (Lipinski definition) is 3. The van der Waals surface area contributed by atoms with Crippen LogP contribution in [-0.4, -0.2) is 11.3 Å². The van der Waals surface area contributed by atoms with Crippen LogP contribution in [0.2, 0.25) is 5.22 Å². The van der Waals surface area contributed by atoms with Gasteiger partial charge >= 0.3 is 0 Å². The molecule has 84 valence electrons. The van der Waals surface area contributed by atoms with Crippen LogP contribution < -0.4 is 4.74 Å². The lowest BCUT2D eigenvalue weighted by Gasteiger charge is -2.09. The Balaban J connectivity index is 2.19. The highest BCUT2D eigenvalue weighted by Crippen LogP contribution is 2.24. The van der Waals surface area contributed by atoms with E-state index in [0.717, 1.165) is 17.0 Å². The number of halogens is 1. The predicted molar refractivity (Wildman–Crippen MR) is 62.7 cm³/mol. The molecule has 0 bridgehead atoms. The number of ether oxygens (including phenoxy) is 1. The van der Waals surface area contributed by atoms with Crippen molar-refractivity contribution in [1.29, 1.82) is 0 Å². The lowest BCUT2D eigenvalue weighted by atomic mass is 10.1. The number of rotatable bonds is 3. The molecule has 2 rings (SSSR count). The monoisotopic (exact) mass is 237 g/mol. The number of nitrogens with zero attached hydrogens (tertiary/aromatic N) is 1. The quantitative estimate of drug-likeness (QED) is 0.815. The summed E-state index contributed by atoms with van der Waals surface area (Å²) in [6.07, 6.45) is 0.173. The normalized spacial score (nSPS) is 10.8. The Bertz CT molecular complexity index is 462. The SMILES string of the molecule is CC(C)Oc1ccc(-c2cc(Cl)on2)cc1. The van der Waals surface area contributed by atoms with Crippen molar-refractivity contribution in [2.45, 2.75) is 20.0 Å². The molecule has 0 spiro atoms. The molecule has 0 aliphatic rings. The highest BCUT2D eigenvalue weighted by molar-refractivity contribution is 6.29. The summed E-state index contributed by atoms with van der Waals surface area (Å²) in [4.78, 5) is 0. The third kappa shape index (κ3) is 2.55. The van der Waals surface area contributed by atoms with E-state index in [1.807, 2.05) is 38.1 Å². The zero-order valence-electron chi connectivity index (χ0n) is 9.11. The fraction of sp³-hybridized carbons (Fsp3) is 0.250. The van der Waals surface area contributed by atoms with Crippen molar-refractivity contribution in [3.63, 3.8) is 0 Å². The van der Waals surface area contributed by atoms with E-state index in [1.54, 1.807) is 6.07 Å². The van der Waals surface area contributed by atoms with Crippen molar-refractivity contribution < 1.29 is 9.26 Å². The predicted octanol–water partition coefficient (Wildman–Crippen LogP) is 3.78. The van der Waals surface area contributed by atoms with Gasteiger partial charge in [-0.2, -0.15) is 0 Å². The smallest absolute Gasteiger partial charge is 0.226 e. The van der Waals surface area contributed by atoms with E-state index in [9.17, 15) is 0 Å². The molecule has 16 heavy (non-hydrogen) atoms. The first-order chi connectivity index (χ1) is 7.65. The summed E-state index contributed by atoms with van der Waals surface area (Å²) < 4.78 is 10.3. The van der Waals surface area contributed by atoms with Crippen molar-refractivity contribution in [2.24, 2.45) is 0 Å². The third-order valence-electron chi connectivity index (χ3n) is 2.00. The zero-order chi connectivity index (χ0) is 11.5. The number of hydrogen-bond donors (Lipinski definition) is 0. The largest absolute Gasteiger partial charge is 0.491 e. The zero-order valence-corrected chi connectivity index (χ0v) is 9.86. The Morgan fingerprint density at radius 3 is 2.44 bits per heavy atom. The Hall–Kier alpha value is -1.48. The third-order valence-corrected chi connectivity index (χ3v) is 2.18. The Morgan fingerprint density at radius 1 is 1.25 bits per heavy atom. The van der Waals surface area contributed by atoms with Crippen LogP contribution in [-0.2, 0) is 0 Å². The minimum Gasteiger partial charge on any atom is -0.491 e. The lowest BCUT2D eigenvalue weighted by molar-refractivity contribution is 0.242. The maximum Gasteiger partial charge on any atom is 0.226 e. The molecule has 0 amide bonds. The van der Waals surface area contributed by atoms with Crippen molar-refractivity contribution in [3.8, 4) is 17.0 Å². The average Bonchev–Trinajstić information content (AvgIpc) is 2.65. The molecule has 1 aromatic carbocycles. The standard InChI is InChI=1S/C12H12ClNO2/c1-8(2)15-10-5-3-9(4-6-10)11-7-12(13)16-14-11/h3-8H,1-2H3. The summed E-state index contributed by atoms with van der Waals surface area (Å²) in [5.41, 5.74) is 1.67. The Kier molecular flexibility index (Phi) is 3.15. The molecule has 0 aliphatic carbocycles. The van der Waals surface area contributed by atoms with Crippen LogP contribution in [0.3, 0.4) is 0 Å². The Morgan fingerprint density at radius 2 is 1.94 bits per heavy atom. The molecular formula is C12H12ClNO2. The minimum absolute atomic E-state index is 0.173. The molecule has 4 heteroatoms. The van der Waals surface area contributed by atoms with E-state index in [4.69, 9.17) is 20.9 Å². The van der Waals surface area contributed by atoms with Crippen LogP contribution in [0.15, 0.2) is 34.9 Å². The average molecular weight is 238 g/mol. The topological polar surface area (TPSA) is 35.3 Å². The van der Waals surface area contributed by atoms with Gasteiger partial charge in [-0.1, -0.05) is 5.16 Å². The molecule has 0 saturated carbocycles. The van der Waals surface area contributed by atoms with E-state index in [0.29, 0.717) is 0 Å². The minimum atomic E-state index is 0.173. The first kappa shape index (κ1) is 11.0. The van der Waals surface area contributed by atoms with Crippen LogP contribution in [0.4, 0.5) is 0 Å². The summed E-state index contributed by atoms with van der Waals surface area (Å²) in [5, 5.41) is 4.12. The second kappa shape index (κ2) is 4.58. The van der Waals surface area contributed by atoms with Crippen molar-refractivity contribution in [1.82, 2.24) is 5.16 Å². The van der Waals surface area contributed by atoms with Gasteiger partial charge < -0.3 is 9.26 Å². The van der Waals surface area contributed by atoms with E-state index >= 15 is 0 Å². The maximum absolute atomic E-state index is 5.66. The van der Waals surface area contributed by atoms with Gasteiger partial charge in [-0.05, 0) is 49.7 Å². The molecule has 0 saturated heterocycles. The van der Waals surface area contributed by atoms with Crippen LogP contribution in [0.5, 0.6) is 5.75 Å². The highest BCUT2D eigenvalue weighted by atomic mass is 35.5. The van der Waals surface area contributed by atoms with Crippen LogP contribution >= 0.6 is 11.6 Å². The fourth-order valence-corrected chi connectivity index (χ4v) is 1.50. The molecule has 0 atom stereocenters. The van der Waals surface area contributed by atoms with E-state index in [-0.39, 0.29) is 11.3 Å². The van der Waals surface area contributed by atoms with Gasteiger partial charge in [-0.25, -0.2) is 0 Å². The number of benzene rings is 1. The van der Waals surface area contributed by atoms with Gasteiger partial charge in [0.25, 0.3) is 0 Å². The lowest BCUT2D eigenvalue weighted by Crippen LogP contribution is -2.05. The molecule has 1 aromatic heterocycles. The fourth-order valence-electron chi connectivity index (χ4n) is 1.37. The first-order valence-electron chi connectivity index (χ1n) is 5.04. The molecule has 0 unspecified atom stereocenters. The molecule has 0 radical (unpaired) electrons. The molecule has 0 aliphatic heterocycles. The second-order valence-electron chi connectivity index (χ2n) is 3.71. The second-order valence-corrected chi connectivity index (χ2v) is 4.08. The van der Waals surface area contributed by atoms with E-state index in [2.05, 4.69) is 5.16 Å². The van der Waals surface area contributed by atoms with Gasteiger partial charge in [0, 0.05) is 11.6 Å².